The molecule has 0 radical (unpaired) electrons. The highest BCUT2D eigenvalue weighted by Crippen LogP contribution is 2.24. The summed E-state index contributed by atoms with van der Waals surface area (Å²) in [5.74, 6) is -1.02. The Labute approximate surface area is 124 Å². The zero-order valence-corrected chi connectivity index (χ0v) is 13.4. The molecule has 3 N–H and O–H groups in total. The van der Waals surface area contributed by atoms with E-state index in [4.69, 9.17) is 10.8 Å². The van der Waals surface area contributed by atoms with Crippen molar-refractivity contribution in [2.45, 2.75) is 24.6 Å². The maximum Gasteiger partial charge on any atom is 0.378 e. The van der Waals surface area contributed by atoms with E-state index in [1.807, 2.05) is 0 Å². The summed E-state index contributed by atoms with van der Waals surface area (Å²) in [6.07, 6.45) is 0. The van der Waals surface area contributed by atoms with E-state index in [1.165, 1.54) is 14.2 Å². The van der Waals surface area contributed by atoms with Crippen molar-refractivity contribution in [3.05, 3.63) is 0 Å². The molecule has 0 bridgehead atoms. The van der Waals surface area contributed by atoms with E-state index in [0.717, 1.165) is 0 Å². The molecule has 0 saturated heterocycles. The molecular weight excluding hydrogens is 314 g/mol. The minimum Gasteiger partial charge on any atom is -0.480 e. The van der Waals surface area contributed by atoms with Gasteiger partial charge in [0.1, 0.15) is 6.04 Å². The average Bonchev–Trinajstić information content (AvgIpc) is 2.33. The van der Waals surface area contributed by atoms with Crippen LogP contribution in [0.15, 0.2) is 0 Å². The van der Waals surface area contributed by atoms with Crippen LogP contribution in [-0.2, 0) is 14.3 Å². The normalized spacial score (nSPS) is 11.7. The predicted octanol–water partition coefficient (Wildman–Crippen LogP) is 2.01. The van der Waals surface area contributed by atoms with Crippen molar-refractivity contribution in [2.24, 2.45) is 5.73 Å². The number of carbonyl (C=O) groups excluding carboxylic acids is 2. The molecule has 7 nitrogen and oxygen atoms in total. The highest BCUT2D eigenvalue weighted by Gasteiger charge is 2.27. The molecule has 0 aliphatic carbocycles. The number of rotatable bonds is 2. The third kappa shape index (κ3) is 12.2. The van der Waals surface area contributed by atoms with Gasteiger partial charge in [-0.1, -0.05) is 0 Å². The summed E-state index contributed by atoms with van der Waals surface area (Å²) in [5, 5.41) is 7.31. The van der Waals surface area contributed by atoms with Crippen molar-refractivity contribution < 1.29 is 29.0 Å². The lowest BCUT2D eigenvalue weighted by atomic mass is 10.1. The lowest BCUT2D eigenvalue weighted by Gasteiger charge is -2.21. The number of methoxy groups -OCH3 is 2. The number of carboxylic acid groups (broad SMARTS) is 1. The molecule has 0 unspecified atom stereocenters. The summed E-state index contributed by atoms with van der Waals surface area (Å²) in [4.78, 5) is 30.9. The largest absolute Gasteiger partial charge is 0.480 e. The summed E-state index contributed by atoms with van der Waals surface area (Å²) < 4.78 is 7.83. The van der Waals surface area contributed by atoms with E-state index < -0.39 is 27.4 Å². The fourth-order valence-electron chi connectivity index (χ4n) is 0.438. The Balaban J connectivity index is 0. The molecule has 0 aliphatic rings. The first-order valence-electron chi connectivity index (χ1n) is 4.77. The molecule has 0 fully saturated rings. The van der Waals surface area contributed by atoms with Gasteiger partial charge in [0, 0.05) is 26.3 Å². The van der Waals surface area contributed by atoms with Gasteiger partial charge in [0.25, 0.3) is 0 Å². The summed E-state index contributed by atoms with van der Waals surface area (Å²) in [6.45, 7) is 3.32. The fraction of sp³-hybridized carbons (Fsp3) is 0.667. The molecule has 0 amide bonds. The Hall–Kier alpha value is -0.580. The van der Waals surface area contributed by atoms with Crippen molar-refractivity contribution in [2.75, 3.05) is 14.2 Å². The zero-order chi connectivity index (χ0) is 15.6. The predicted molar refractivity (Wildman–Crippen MR) is 78.7 cm³/mol. The number of thiol groups is 1. The van der Waals surface area contributed by atoms with E-state index in [1.54, 1.807) is 13.8 Å². The second-order valence-corrected chi connectivity index (χ2v) is 6.70. The van der Waals surface area contributed by atoms with Crippen molar-refractivity contribution in [1.82, 2.24) is 0 Å². The molecule has 19 heavy (non-hydrogen) atoms. The third-order valence-electron chi connectivity index (χ3n) is 1.54. The molecule has 0 aliphatic heterocycles. The van der Waals surface area contributed by atoms with Gasteiger partial charge in [-0.15, -0.1) is 0 Å². The summed E-state index contributed by atoms with van der Waals surface area (Å²) >= 11 is 3.98. The van der Waals surface area contributed by atoms with Gasteiger partial charge in [-0.3, -0.25) is 4.79 Å². The van der Waals surface area contributed by atoms with Gasteiger partial charge >= 0.3 is 16.6 Å². The molecule has 1 atom stereocenters. The highest BCUT2D eigenvalue weighted by atomic mass is 33.1. The number of hydrogen-bond donors (Lipinski definition) is 3. The summed E-state index contributed by atoms with van der Waals surface area (Å²) in [5.41, 5.74) is 5.22. The Bertz CT molecular complexity index is 302. The van der Waals surface area contributed by atoms with E-state index in [0.29, 0.717) is 21.6 Å². The van der Waals surface area contributed by atoms with Crippen LogP contribution in [0.5, 0.6) is 0 Å². The quantitative estimate of drug-likeness (QED) is 0.397. The van der Waals surface area contributed by atoms with Gasteiger partial charge < -0.3 is 20.3 Å². The van der Waals surface area contributed by atoms with Crippen LogP contribution in [0.1, 0.15) is 13.8 Å². The van der Waals surface area contributed by atoms with Crippen LogP contribution in [0.2, 0.25) is 0 Å². The smallest absolute Gasteiger partial charge is 0.378 e. The van der Waals surface area contributed by atoms with Gasteiger partial charge in [0.15, 0.2) is 0 Å². The van der Waals surface area contributed by atoms with Crippen LogP contribution in [-0.4, -0.2) is 46.7 Å². The van der Waals surface area contributed by atoms with Gasteiger partial charge in [0.2, 0.25) is 0 Å². The summed E-state index contributed by atoms with van der Waals surface area (Å²) in [6, 6.07) is -0.902. The van der Waals surface area contributed by atoms with Crippen LogP contribution < -0.4 is 5.73 Å². The molecule has 0 aromatic carbocycles. The maximum atomic E-state index is 10.3. The second kappa shape index (κ2) is 10.2. The van der Waals surface area contributed by atoms with E-state index in [-0.39, 0.29) is 0 Å². The lowest BCUT2D eigenvalue weighted by molar-refractivity contribution is -0.139. The Morgan fingerprint density at radius 1 is 1.16 bits per heavy atom. The minimum atomic E-state index is -1.02. The summed E-state index contributed by atoms with van der Waals surface area (Å²) in [7, 11) is 3.87. The molecule has 10 heteroatoms. The van der Waals surface area contributed by atoms with Crippen LogP contribution in [0, 0.1) is 0 Å². The number of aliphatic carboxylic acids is 1. The van der Waals surface area contributed by atoms with Crippen molar-refractivity contribution in [3.8, 4) is 0 Å². The van der Waals surface area contributed by atoms with Gasteiger partial charge in [-0.25, -0.2) is 9.59 Å². The highest BCUT2D eigenvalue weighted by molar-refractivity contribution is 8.86. The minimum absolute atomic E-state index is 0.518. The third-order valence-corrected chi connectivity index (χ3v) is 3.57. The first-order chi connectivity index (χ1) is 8.56. The standard InChI is InChI=1S/C5H11NO2S.C4H6O4S2/c1-5(2,9)3(6)4(7)8;1-7-3(5)9-10-4(6)8-2/h3,9H,6H2,1-2H3,(H,7,8);1-2H3/t3-;/m0./s1. The van der Waals surface area contributed by atoms with Crippen LogP contribution in [0.4, 0.5) is 9.59 Å². The molecule has 0 aromatic rings. The zero-order valence-electron chi connectivity index (χ0n) is 10.9. The lowest BCUT2D eigenvalue weighted by Crippen LogP contribution is -2.45. The number of carboxylic acids is 1. The van der Waals surface area contributed by atoms with Gasteiger partial charge in [-0.05, 0) is 13.8 Å². The van der Waals surface area contributed by atoms with Crippen LogP contribution >= 0.6 is 34.2 Å². The van der Waals surface area contributed by atoms with Crippen molar-refractivity contribution in [1.29, 1.82) is 0 Å². The monoisotopic (exact) mass is 331 g/mol. The Morgan fingerprint density at radius 2 is 1.47 bits per heavy atom. The molecule has 0 heterocycles. The van der Waals surface area contributed by atoms with E-state index in [9.17, 15) is 14.4 Å². The number of carbonyl (C=O) groups is 3. The van der Waals surface area contributed by atoms with Crippen LogP contribution in [0.25, 0.3) is 0 Å². The fourth-order valence-corrected chi connectivity index (χ4v) is 1.64. The first-order valence-corrected chi connectivity index (χ1v) is 7.37. The molecular formula is C9H17NO6S3. The topological polar surface area (TPSA) is 116 Å². The average molecular weight is 331 g/mol. The van der Waals surface area contributed by atoms with Gasteiger partial charge in [-0.2, -0.15) is 12.6 Å². The molecule has 0 saturated carbocycles. The molecule has 0 rings (SSSR count). The van der Waals surface area contributed by atoms with E-state index >= 15 is 0 Å². The molecule has 0 spiro atoms. The molecule has 112 valence electrons. The van der Waals surface area contributed by atoms with Crippen molar-refractivity contribution in [3.63, 3.8) is 0 Å². The number of ether oxygens (including phenoxy) is 2. The SMILES string of the molecule is CC(C)(S)[C@@H](N)C(=O)O.COC(=O)SSC(=O)OC. The Kier molecular flexibility index (Phi) is 11.2. The van der Waals surface area contributed by atoms with Gasteiger partial charge in [0.05, 0.1) is 14.2 Å². The maximum absolute atomic E-state index is 10.3. The second-order valence-electron chi connectivity index (χ2n) is 3.54. The number of hydrogen-bond acceptors (Lipinski definition) is 9. The van der Waals surface area contributed by atoms with E-state index in [2.05, 4.69) is 22.1 Å². The Morgan fingerprint density at radius 3 is 1.58 bits per heavy atom. The first kappa shape index (κ1) is 20.7. The van der Waals surface area contributed by atoms with Crippen LogP contribution in [0.3, 0.4) is 0 Å². The van der Waals surface area contributed by atoms with Crippen molar-refractivity contribution >= 4 is 50.8 Å². The number of nitrogens with two attached hydrogens (primary N) is 1. The molecule has 0 aromatic heterocycles.